The molecule has 1 amide bonds. The molecule has 0 aliphatic rings. The fraction of sp³-hybridized carbons (Fsp3) is 0.200. The summed E-state index contributed by atoms with van der Waals surface area (Å²) in [6.07, 6.45) is 0. The highest BCUT2D eigenvalue weighted by molar-refractivity contribution is 6.30. The molecular weight excluding hydrogens is 394 g/mol. The maximum absolute atomic E-state index is 12.9. The Hall–Kier alpha value is -3.11. The smallest absolute Gasteiger partial charge is 0.251 e. The second-order valence-electron chi connectivity index (χ2n) is 7.74. The second kappa shape index (κ2) is 8.72. The molecule has 4 nitrogen and oxygen atoms in total. The molecule has 1 N–H and O–H groups in total. The van der Waals surface area contributed by atoms with Crippen LogP contribution in [0.3, 0.4) is 0 Å². The van der Waals surface area contributed by atoms with Gasteiger partial charge in [-0.2, -0.15) is 0 Å². The van der Waals surface area contributed by atoms with Crippen LogP contribution in [-0.2, 0) is 6.54 Å². The average molecular weight is 418 g/mol. The van der Waals surface area contributed by atoms with E-state index in [4.69, 9.17) is 16.6 Å². The van der Waals surface area contributed by atoms with Crippen molar-refractivity contribution in [3.05, 3.63) is 101 Å². The summed E-state index contributed by atoms with van der Waals surface area (Å²) in [5.74, 6) is 0.902. The van der Waals surface area contributed by atoms with Crippen LogP contribution < -0.4 is 5.32 Å². The van der Waals surface area contributed by atoms with Crippen LogP contribution in [0.1, 0.15) is 41.6 Å². The molecule has 5 heteroatoms. The third-order valence-corrected chi connectivity index (χ3v) is 5.42. The Morgan fingerprint density at radius 1 is 1.00 bits per heavy atom. The third kappa shape index (κ3) is 4.24. The van der Waals surface area contributed by atoms with Gasteiger partial charge in [0.2, 0.25) is 0 Å². The minimum atomic E-state index is -0.232. The highest BCUT2D eigenvalue weighted by atomic mass is 35.5. The number of hydrogen-bond donors (Lipinski definition) is 1. The summed E-state index contributed by atoms with van der Waals surface area (Å²) < 4.78 is 2.18. The highest BCUT2D eigenvalue weighted by Gasteiger charge is 2.25. The summed E-state index contributed by atoms with van der Waals surface area (Å²) in [5, 5.41) is 3.90. The van der Waals surface area contributed by atoms with Crippen molar-refractivity contribution < 1.29 is 4.79 Å². The van der Waals surface area contributed by atoms with Crippen molar-refractivity contribution >= 4 is 28.5 Å². The number of rotatable bonds is 6. The van der Waals surface area contributed by atoms with E-state index in [2.05, 4.69) is 35.9 Å². The fourth-order valence-electron chi connectivity index (χ4n) is 3.66. The number of benzene rings is 3. The number of fused-ring (bicyclic) bond motifs is 1. The van der Waals surface area contributed by atoms with Crippen molar-refractivity contribution in [1.82, 2.24) is 14.9 Å². The van der Waals surface area contributed by atoms with E-state index in [1.54, 1.807) is 0 Å². The number of nitrogens with zero attached hydrogens (tertiary/aromatic N) is 2. The number of carbonyl (C=O) groups is 1. The molecule has 1 heterocycles. The van der Waals surface area contributed by atoms with Gasteiger partial charge in [-0.15, -0.1) is 0 Å². The van der Waals surface area contributed by atoms with Crippen molar-refractivity contribution in [2.75, 3.05) is 0 Å². The summed E-state index contributed by atoms with van der Waals surface area (Å²) >= 11 is 6.21. The Morgan fingerprint density at radius 3 is 2.47 bits per heavy atom. The van der Waals surface area contributed by atoms with Crippen molar-refractivity contribution in [3.8, 4) is 0 Å². The summed E-state index contributed by atoms with van der Waals surface area (Å²) in [6.45, 7) is 4.82. The lowest BCUT2D eigenvalue weighted by atomic mass is 10.0. The van der Waals surface area contributed by atoms with Crippen molar-refractivity contribution in [2.24, 2.45) is 5.92 Å². The minimum Gasteiger partial charge on any atom is -0.342 e. The molecule has 0 saturated carbocycles. The van der Waals surface area contributed by atoms with Gasteiger partial charge in [-0.3, -0.25) is 4.79 Å². The van der Waals surface area contributed by atoms with Gasteiger partial charge in [-0.05, 0) is 47.9 Å². The molecule has 0 aliphatic carbocycles. The summed E-state index contributed by atoms with van der Waals surface area (Å²) in [6, 6.07) is 24.9. The van der Waals surface area contributed by atoms with E-state index in [0.29, 0.717) is 17.1 Å². The van der Waals surface area contributed by atoms with E-state index in [1.807, 2.05) is 66.7 Å². The molecule has 0 radical (unpaired) electrons. The van der Waals surface area contributed by atoms with Gasteiger partial charge >= 0.3 is 0 Å². The molecule has 152 valence electrons. The first-order chi connectivity index (χ1) is 14.5. The van der Waals surface area contributed by atoms with Crippen LogP contribution in [0.5, 0.6) is 0 Å². The molecule has 30 heavy (non-hydrogen) atoms. The number of halogens is 1. The van der Waals surface area contributed by atoms with Gasteiger partial charge in [0, 0.05) is 17.1 Å². The van der Waals surface area contributed by atoms with E-state index in [0.717, 1.165) is 22.4 Å². The topological polar surface area (TPSA) is 46.9 Å². The monoisotopic (exact) mass is 417 g/mol. The molecule has 0 saturated heterocycles. The first-order valence-corrected chi connectivity index (χ1v) is 10.5. The lowest BCUT2D eigenvalue weighted by molar-refractivity contribution is 0.0922. The maximum Gasteiger partial charge on any atom is 0.251 e. The number of hydrogen-bond acceptors (Lipinski definition) is 2. The lowest BCUT2D eigenvalue weighted by Crippen LogP contribution is -2.33. The van der Waals surface area contributed by atoms with Crippen LogP contribution in [0.25, 0.3) is 11.0 Å². The maximum atomic E-state index is 12.9. The third-order valence-electron chi connectivity index (χ3n) is 5.18. The highest BCUT2D eigenvalue weighted by Crippen LogP contribution is 2.27. The van der Waals surface area contributed by atoms with E-state index < -0.39 is 0 Å². The molecular formula is C25H24ClN3O. The zero-order valence-corrected chi connectivity index (χ0v) is 17.8. The molecule has 0 spiro atoms. The quantitative estimate of drug-likeness (QED) is 0.426. The molecule has 4 rings (SSSR count). The van der Waals surface area contributed by atoms with Crippen LogP contribution in [-0.4, -0.2) is 15.5 Å². The molecule has 1 aromatic heterocycles. The Bertz CT molecular complexity index is 1170. The zero-order valence-electron chi connectivity index (χ0n) is 17.0. The summed E-state index contributed by atoms with van der Waals surface area (Å²) in [7, 11) is 0. The number of nitrogens with one attached hydrogen (secondary N) is 1. The fourth-order valence-corrected chi connectivity index (χ4v) is 3.87. The van der Waals surface area contributed by atoms with Gasteiger partial charge < -0.3 is 9.88 Å². The van der Waals surface area contributed by atoms with Gasteiger partial charge in [0.25, 0.3) is 5.91 Å². The molecule has 3 aromatic carbocycles. The van der Waals surface area contributed by atoms with Gasteiger partial charge in [-0.25, -0.2) is 4.98 Å². The molecule has 4 aromatic rings. The Balaban J connectivity index is 1.76. The molecule has 1 atom stereocenters. The predicted octanol–water partition coefficient (Wildman–Crippen LogP) is 5.87. The number of amides is 1. The number of carbonyl (C=O) groups excluding carboxylic acids is 1. The second-order valence-corrected chi connectivity index (χ2v) is 8.17. The minimum absolute atomic E-state index is 0.101. The Kier molecular flexibility index (Phi) is 5.86. The average Bonchev–Trinajstić information content (AvgIpc) is 3.10. The zero-order chi connectivity index (χ0) is 21.1. The Morgan fingerprint density at radius 2 is 1.73 bits per heavy atom. The van der Waals surface area contributed by atoms with Crippen LogP contribution >= 0.6 is 11.6 Å². The molecule has 0 fully saturated rings. The first kappa shape index (κ1) is 20.2. The number of aromatic nitrogens is 2. The van der Waals surface area contributed by atoms with E-state index in [1.165, 1.54) is 0 Å². The van der Waals surface area contributed by atoms with Gasteiger partial charge in [0.15, 0.2) is 0 Å². The lowest BCUT2D eigenvalue weighted by Gasteiger charge is -2.23. The summed E-state index contributed by atoms with van der Waals surface area (Å²) in [4.78, 5) is 17.8. The first-order valence-electron chi connectivity index (χ1n) is 10.1. The predicted molar refractivity (Wildman–Crippen MR) is 122 cm³/mol. The van der Waals surface area contributed by atoms with Crippen molar-refractivity contribution in [2.45, 2.75) is 26.4 Å². The normalized spacial score (nSPS) is 12.3. The van der Waals surface area contributed by atoms with Crippen LogP contribution in [0.15, 0.2) is 78.9 Å². The largest absolute Gasteiger partial charge is 0.342 e. The Labute approximate surface area is 181 Å². The van der Waals surface area contributed by atoms with E-state index >= 15 is 0 Å². The van der Waals surface area contributed by atoms with E-state index in [-0.39, 0.29) is 17.9 Å². The molecule has 0 bridgehead atoms. The van der Waals surface area contributed by atoms with Crippen LogP contribution in [0, 0.1) is 5.92 Å². The number of imidazole rings is 1. The van der Waals surface area contributed by atoms with Crippen LogP contribution in [0.4, 0.5) is 0 Å². The molecule has 0 unspecified atom stereocenters. The van der Waals surface area contributed by atoms with Crippen LogP contribution in [0.2, 0.25) is 5.02 Å². The molecule has 0 aliphatic heterocycles. The van der Waals surface area contributed by atoms with E-state index in [9.17, 15) is 4.79 Å². The van der Waals surface area contributed by atoms with Crippen molar-refractivity contribution in [3.63, 3.8) is 0 Å². The standard InChI is InChI=1S/C25H24ClN3O/c1-17(2)23(28-25(30)19-10-4-3-5-11-19)24-27-21-13-6-7-14-22(21)29(24)16-18-9-8-12-20(26)15-18/h3-15,17,23H,16H2,1-2H3,(H,28,30)/t23-/m0/s1. The number of para-hydroxylation sites is 2. The SMILES string of the molecule is CC(C)[C@H](NC(=O)c1ccccc1)c1nc2ccccc2n1Cc1cccc(Cl)c1. The summed E-state index contributed by atoms with van der Waals surface area (Å²) in [5.41, 5.74) is 3.67. The van der Waals surface area contributed by atoms with Gasteiger partial charge in [0.05, 0.1) is 17.1 Å². The van der Waals surface area contributed by atoms with Gasteiger partial charge in [-0.1, -0.05) is 67.9 Å². The van der Waals surface area contributed by atoms with Gasteiger partial charge in [0.1, 0.15) is 5.82 Å². The van der Waals surface area contributed by atoms with Crippen molar-refractivity contribution in [1.29, 1.82) is 0 Å².